The van der Waals surface area contributed by atoms with Crippen LogP contribution in [0.1, 0.15) is 21.5 Å². The smallest absolute Gasteiger partial charge is 0.322 e. The van der Waals surface area contributed by atoms with Gasteiger partial charge in [0.1, 0.15) is 0 Å². The number of imidazole rings is 1. The van der Waals surface area contributed by atoms with E-state index in [1.807, 2.05) is 31.5 Å². The molecule has 0 radical (unpaired) electrons. The summed E-state index contributed by atoms with van der Waals surface area (Å²) in [6, 6.07) is 11.4. The molecular formula is C21H15F3N4O. The Hall–Kier alpha value is -3.68. The number of carbonyl (C=O) groups is 1. The highest BCUT2D eigenvalue weighted by Gasteiger charge is 2.30. The first-order valence-electron chi connectivity index (χ1n) is 8.70. The lowest BCUT2D eigenvalue weighted by atomic mass is 10.1. The predicted octanol–water partition coefficient (Wildman–Crippen LogP) is 4.98. The van der Waals surface area contributed by atoms with Crippen molar-refractivity contribution in [2.75, 3.05) is 5.32 Å². The van der Waals surface area contributed by atoms with E-state index in [-0.39, 0.29) is 5.56 Å². The standard InChI is InChI=1S/C21H15F3N4O/c1-13-3-4-15(18-12-28-10-2-9-25-20(28)27-18)11-17(13)26-19(29)14-5-7-16(8-6-14)21(22,23)24/h2-12H,1H3,(H,26,29). The fourth-order valence-electron chi connectivity index (χ4n) is 2.89. The zero-order valence-electron chi connectivity index (χ0n) is 15.2. The molecule has 8 heteroatoms. The number of nitrogens with one attached hydrogen (secondary N) is 1. The number of hydrogen-bond acceptors (Lipinski definition) is 3. The van der Waals surface area contributed by atoms with Crippen molar-refractivity contribution in [1.29, 1.82) is 0 Å². The Balaban J connectivity index is 1.60. The summed E-state index contributed by atoms with van der Waals surface area (Å²) in [6.45, 7) is 1.83. The number of aromatic nitrogens is 3. The maximum atomic E-state index is 12.7. The van der Waals surface area contributed by atoms with E-state index in [0.717, 1.165) is 35.4 Å². The lowest BCUT2D eigenvalue weighted by Gasteiger charge is -2.11. The summed E-state index contributed by atoms with van der Waals surface area (Å²) in [5.74, 6) is 0.0639. The van der Waals surface area contributed by atoms with Crippen molar-refractivity contribution in [2.24, 2.45) is 0 Å². The normalized spacial score (nSPS) is 11.6. The minimum absolute atomic E-state index is 0.139. The zero-order chi connectivity index (χ0) is 20.6. The second-order valence-corrected chi connectivity index (χ2v) is 6.51. The van der Waals surface area contributed by atoms with Crippen LogP contribution in [0.25, 0.3) is 17.0 Å². The fourth-order valence-corrected chi connectivity index (χ4v) is 2.89. The maximum absolute atomic E-state index is 12.7. The number of alkyl halides is 3. The Kier molecular flexibility index (Phi) is 4.54. The van der Waals surface area contributed by atoms with Gasteiger partial charge in [0.05, 0.1) is 11.3 Å². The van der Waals surface area contributed by atoms with Crippen LogP contribution in [-0.4, -0.2) is 20.3 Å². The van der Waals surface area contributed by atoms with Gasteiger partial charge in [-0.1, -0.05) is 12.1 Å². The van der Waals surface area contributed by atoms with Gasteiger partial charge in [-0.25, -0.2) is 9.97 Å². The van der Waals surface area contributed by atoms with Crippen LogP contribution in [0.2, 0.25) is 0 Å². The lowest BCUT2D eigenvalue weighted by Crippen LogP contribution is -2.13. The topological polar surface area (TPSA) is 59.3 Å². The number of halogens is 3. The number of anilines is 1. The Morgan fingerprint density at radius 3 is 2.55 bits per heavy atom. The van der Waals surface area contributed by atoms with E-state index >= 15 is 0 Å². The summed E-state index contributed by atoms with van der Waals surface area (Å²) in [6.07, 6.45) is 0.870. The largest absolute Gasteiger partial charge is 0.416 e. The highest BCUT2D eigenvalue weighted by molar-refractivity contribution is 6.05. The highest BCUT2D eigenvalue weighted by Crippen LogP contribution is 2.29. The number of rotatable bonds is 3. The first-order valence-corrected chi connectivity index (χ1v) is 8.70. The van der Waals surface area contributed by atoms with Gasteiger partial charge in [0.15, 0.2) is 0 Å². The summed E-state index contributed by atoms with van der Waals surface area (Å²) in [7, 11) is 0. The molecule has 5 nitrogen and oxygen atoms in total. The fraction of sp³-hybridized carbons (Fsp3) is 0.0952. The van der Waals surface area contributed by atoms with Crippen LogP contribution in [0.3, 0.4) is 0 Å². The van der Waals surface area contributed by atoms with Gasteiger partial charge in [0.25, 0.3) is 5.91 Å². The molecule has 4 rings (SSSR count). The van der Waals surface area contributed by atoms with Gasteiger partial charge in [0, 0.05) is 35.4 Å². The molecule has 0 aliphatic rings. The third kappa shape index (κ3) is 3.82. The molecule has 2 aromatic heterocycles. The van der Waals surface area contributed by atoms with Crippen LogP contribution in [0.15, 0.2) is 67.1 Å². The van der Waals surface area contributed by atoms with Crippen LogP contribution in [0.4, 0.5) is 18.9 Å². The molecule has 0 saturated carbocycles. The first-order chi connectivity index (χ1) is 13.8. The SMILES string of the molecule is Cc1ccc(-c2cn3cccnc3n2)cc1NC(=O)c1ccc(C(F)(F)F)cc1. The summed E-state index contributed by atoms with van der Waals surface area (Å²) in [5, 5.41) is 2.76. The molecular weight excluding hydrogens is 381 g/mol. The van der Waals surface area contributed by atoms with E-state index in [4.69, 9.17) is 0 Å². The number of hydrogen-bond donors (Lipinski definition) is 1. The lowest BCUT2D eigenvalue weighted by molar-refractivity contribution is -0.137. The minimum Gasteiger partial charge on any atom is -0.322 e. The summed E-state index contributed by atoms with van der Waals surface area (Å²) < 4.78 is 39.9. The molecule has 0 fully saturated rings. The van der Waals surface area contributed by atoms with E-state index in [1.54, 1.807) is 22.7 Å². The number of nitrogens with zero attached hydrogens (tertiary/aromatic N) is 3. The maximum Gasteiger partial charge on any atom is 0.416 e. The number of fused-ring (bicyclic) bond motifs is 1. The van der Waals surface area contributed by atoms with E-state index in [0.29, 0.717) is 17.2 Å². The second kappa shape index (κ2) is 7.05. The van der Waals surface area contributed by atoms with Crippen molar-refractivity contribution in [3.63, 3.8) is 0 Å². The van der Waals surface area contributed by atoms with Gasteiger partial charge in [-0.05, 0) is 48.9 Å². The van der Waals surface area contributed by atoms with Gasteiger partial charge < -0.3 is 5.32 Å². The third-order valence-corrected chi connectivity index (χ3v) is 4.49. The Morgan fingerprint density at radius 1 is 1.10 bits per heavy atom. The average molecular weight is 396 g/mol. The van der Waals surface area contributed by atoms with Crippen LogP contribution in [0.5, 0.6) is 0 Å². The number of carbonyl (C=O) groups excluding carboxylic acids is 1. The second-order valence-electron chi connectivity index (χ2n) is 6.51. The van der Waals surface area contributed by atoms with E-state index in [1.165, 1.54) is 0 Å². The van der Waals surface area contributed by atoms with Gasteiger partial charge in [-0.2, -0.15) is 13.2 Å². The number of amides is 1. The Labute approximate surface area is 163 Å². The Bertz CT molecular complexity index is 1160. The molecule has 0 saturated heterocycles. The van der Waals surface area contributed by atoms with Crippen LogP contribution in [-0.2, 0) is 6.18 Å². The molecule has 2 aromatic carbocycles. The van der Waals surface area contributed by atoms with Crippen molar-refractivity contribution in [1.82, 2.24) is 14.4 Å². The first kappa shape index (κ1) is 18.7. The molecule has 2 heterocycles. The molecule has 0 bridgehead atoms. The van der Waals surface area contributed by atoms with Crippen molar-refractivity contribution < 1.29 is 18.0 Å². The zero-order valence-corrected chi connectivity index (χ0v) is 15.2. The number of benzene rings is 2. The molecule has 1 N–H and O–H groups in total. The third-order valence-electron chi connectivity index (χ3n) is 4.49. The molecule has 1 amide bonds. The average Bonchev–Trinajstić information content (AvgIpc) is 3.13. The predicted molar refractivity (Wildman–Crippen MR) is 103 cm³/mol. The van der Waals surface area contributed by atoms with E-state index in [2.05, 4.69) is 15.3 Å². The molecule has 0 spiro atoms. The van der Waals surface area contributed by atoms with E-state index in [9.17, 15) is 18.0 Å². The molecule has 0 aliphatic carbocycles. The van der Waals surface area contributed by atoms with Gasteiger partial charge in [-0.15, -0.1) is 0 Å². The van der Waals surface area contributed by atoms with Gasteiger partial charge >= 0.3 is 6.18 Å². The summed E-state index contributed by atoms with van der Waals surface area (Å²) in [4.78, 5) is 21.1. The summed E-state index contributed by atoms with van der Waals surface area (Å²) in [5.41, 5.74) is 2.18. The molecule has 29 heavy (non-hydrogen) atoms. The summed E-state index contributed by atoms with van der Waals surface area (Å²) >= 11 is 0. The Morgan fingerprint density at radius 2 is 1.86 bits per heavy atom. The van der Waals surface area contributed by atoms with Crippen molar-refractivity contribution in [3.05, 3.63) is 83.8 Å². The van der Waals surface area contributed by atoms with Crippen molar-refractivity contribution in [2.45, 2.75) is 13.1 Å². The number of aryl methyl sites for hydroxylation is 1. The van der Waals surface area contributed by atoms with E-state index < -0.39 is 17.6 Å². The monoisotopic (exact) mass is 396 g/mol. The molecule has 0 atom stereocenters. The van der Waals surface area contributed by atoms with Gasteiger partial charge in [-0.3, -0.25) is 9.20 Å². The molecule has 0 unspecified atom stereocenters. The molecule has 0 aliphatic heterocycles. The quantitative estimate of drug-likeness (QED) is 0.532. The van der Waals surface area contributed by atoms with Crippen LogP contribution in [0, 0.1) is 6.92 Å². The molecule has 146 valence electrons. The van der Waals surface area contributed by atoms with Crippen molar-refractivity contribution >= 4 is 17.4 Å². The van der Waals surface area contributed by atoms with Gasteiger partial charge in [0.2, 0.25) is 5.78 Å². The van der Waals surface area contributed by atoms with Crippen molar-refractivity contribution in [3.8, 4) is 11.3 Å². The highest BCUT2D eigenvalue weighted by atomic mass is 19.4. The van der Waals surface area contributed by atoms with Crippen LogP contribution >= 0.6 is 0 Å². The van der Waals surface area contributed by atoms with Crippen LogP contribution < -0.4 is 5.32 Å². The molecule has 4 aromatic rings. The minimum atomic E-state index is -4.44.